The van der Waals surface area contributed by atoms with E-state index in [4.69, 9.17) is 9.97 Å². The molecule has 0 atom stereocenters. The summed E-state index contributed by atoms with van der Waals surface area (Å²) in [7, 11) is 0. The molecule has 1 aliphatic rings. The van der Waals surface area contributed by atoms with Gasteiger partial charge in [0.2, 0.25) is 0 Å². The van der Waals surface area contributed by atoms with Crippen LogP contribution in [0.2, 0.25) is 0 Å². The fourth-order valence-electron chi connectivity index (χ4n) is 7.37. The van der Waals surface area contributed by atoms with Crippen molar-refractivity contribution in [1.29, 1.82) is 0 Å². The molecule has 0 fully saturated rings. The van der Waals surface area contributed by atoms with Crippen molar-refractivity contribution in [2.24, 2.45) is 0 Å². The van der Waals surface area contributed by atoms with Crippen LogP contribution in [0.5, 0.6) is 0 Å². The fraction of sp³-hybridized carbons (Fsp3) is 0. The van der Waals surface area contributed by atoms with Gasteiger partial charge >= 0.3 is 0 Å². The number of rotatable bonds is 2. The summed E-state index contributed by atoms with van der Waals surface area (Å²) >= 11 is 0. The first-order chi connectivity index (χ1) is 21.4. The van der Waals surface area contributed by atoms with Gasteiger partial charge in [0.15, 0.2) is 5.82 Å². The average Bonchev–Trinajstić information content (AvgIpc) is 3.37. The zero-order valence-electron chi connectivity index (χ0n) is 23.1. The van der Waals surface area contributed by atoms with E-state index in [0.29, 0.717) is 0 Å². The van der Waals surface area contributed by atoms with Gasteiger partial charge in [0.05, 0.1) is 22.1 Å². The van der Waals surface area contributed by atoms with Crippen molar-refractivity contribution >= 4 is 54.4 Å². The predicted molar refractivity (Wildman–Crippen MR) is 179 cm³/mol. The summed E-state index contributed by atoms with van der Waals surface area (Å²) < 4.78 is 2.39. The Morgan fingerprint density at radius 1 is 0.395 bits per heavy atom. The lowest BCUT2D eigenvalue weighted by molar-refractivity contribution is 1.08. The van der Waals surface area contributed by atoms with Gasteiger partial charge in [-0.2, -0.15) is 0 Å². The van der Waals surface area contributed by atoms with Crippen LogP contribution in [-0.4, -0.2) is 14.5 Å². The van der Waals surface area contributed by atoms with Gasteiger partial charge in [-0.3, -0.25) is 4.57 Å². The smallest absolute Gasteiger partial charge is 0.165 e. The third kappa shape index (κ3) is 2.98. The normalized spacial score (nSPS) is 12.2. The summed E-state index contributed by atoms with van der Waals surface area (Å²) in [4.78, 5) is 10.7. The molecule has 1 aliphatic carbocycles. The minimum absolute atomic E-state index is 0.845. The van der Waals surface area contributed by atoms with Crippen LogP contribution < -0.4 is 0 Å². The first kappa shape index (κ1) is 22.8. The standard InChI is InChI=1S/C40H23N3/c1-2-12-24(13-3-1)38-40(42-33-22-9-8-21-32(33)41-38)43-34-23-11-20-30-26-15-5-4-14-25(26)28-18-10-19-29-27-16-6-7-17-31(27)39(43)37(35(28)29)36(30)34/h1-23H. The summed E-state index contributed by atoms with van der Waals surface area (Å²) in [6.45, 7) is 0. The highest BCUT2D eigenvalue weighted by Gasteiger charge is 2.28. The highest BCUT2D eigenvalue weighted by atomic mass is 15.1. The van der Waals surface area contributed by atoms with Crippen LogP contribution >= 0.6 is 0 Å². The molecular formula is C40H23N3. The molecule has 3 heteroatoms. The van der Waals surface area contributed by atoms with E-state index in [1.54, 1.807) is 0 Å². The van der Waals surface area contributed by atoms with Crippen LogP contribution in [0, 0.1) is 0 Å². The summed E-state index contributed by atoms with van der Waals surface area (Å²) in [6, 6.07) is 49.8. The van der Waals surface area contributed by atoms with E-state index >= 15 is 0 Å². The molecule has 0 aliphatic heterocycles. The number of fused-ring (bicyclic) bond motifs is 7. The predicted octanol–water partition coefficient (Wildman–Crippen LogP) is 10.3. The molecule has 0 spiro atoms. The molecule has 198 valence electrons. The molecule has 0 N–H and O–H groups in total. The van der Waals surface area contributed by atoms with E-state index < -0.39 is 0 Å². The first-order valence-corrected chi connectivity index (χ1v) is 14.7. The van der Waals surface area contributed by atoms with Crippen LogP contribution in [0.3, 0.4) is 0 Å². The van der Waals surface area contributed by atoms with Crippen LogP contribution in [0.15, 0.2) is 140 Å². The molecule has 43 heavy (non-hydrogen) atoms. The lowest BCUT2D eigenvalue weighted by Gasteiger charge is -2.17. The topological polar surface area (TPSA) is 30.7 Å². The Bertz CT molecular complexity index is 2610. The third-order valence-electron chi connectivity index (χ3n) is 9.10. The SMILES string of the molecule is c1ccc(-c2nc3ccccc3nc2-n2c3cccc4c3c3c5c(cccc5c5ccccc5c32)-c2ccccc2-4)cc1. The summed E-state index contributed by atoms with van der Waals surface area (Å²) in [5.41, 5.74) is 11.1. The molecular weight excluding hydrogens is 522 g/mol. The molecule has 0 amide bonds. The Kier molecular flexibility index (Phi) is 4.45. The van der Waals surface area contributed by atoms with Crippen molar-refractivity contribution < 1.29 is 0 Å². The van der Waals surface area contributed by atoms with Crippen LogP contribution in [0.25, 0.3) is 93.7 Å². The van der Waals surface area contributed by atoms with Gasteiger partial charge in [-0.05, 0) is 51.2 Å². The van der Waals surface area contributed by atoms with Crippen LogP contribution in [0.1, 0.15) is 0 Å². The number of hydrogen-bond acceptors (Lipinski definition) is 2. The number of para-hydroxylation sites is 2. The Labute approximate surface area is 247 Å². The Morgan fingerprint density at radius 2 is 0.977 bits per heavy atom. The minimum atomic E-state index is 0.845. The van der Waals surface area contributed by atoms with Crippen molar-refractivity contribution in [3.05, 3.63) is 140 Å². The monoisotopic (exact) mass is 545 g/mol. The van der Waals surface area contributed by atoms with Gasteiger partial charge < -0.3 is 0 Å². The van der Waals surface area contributed by atoms with Crippen molar-refractivity contribution in [1.82, 2.24) is 14.5 Å². The Balaban J connectivity index is 1.52. The summed E-state index contributed by atoms with van der Waals surface area (Å²) in [5, 5.41) is 7.57. The Hall–Kier alpha value is -5.80. The average molecular weight is 546 g/mol. The van der Waals surface area contributed by atoms with Crippen LogP contribution in [0.4, 0.5) is 0 Å². The number of benzene rings is 7. The molecule has 0 bridgehead atoms. The molecule has 0 saturated carbocycles. The molecule has 2 heterocycles. The maximum Gasteiger partial charge on any atom is 0.165 e. The van der Waals surface area contributed by atoms with Crippen molar-refractivity contribution in [2.75, 3.05) is 0 Å². The summed E-state index contributed by atoms with van der Waals surface area (Å²) in [6.07, 6.45) is 0. The maximum atomic E-state index is 5.40. The first-order valence-electron chi connectivity index (χ1n) is 14.7. The summed E-state index contributed by atoms with van der Waals surface area (Å²) in [5.74, 6) is 0.845. The van der Waals surface area contributed by atoms with E-state index in [-0.39, 0.29) is 0 Å². The molecule has 10 rings (SSSR count). The molecule has 9 aromatic rings. The van der Waals surface area contributed by atoms with Gasteiger partial charge in [0.1, 0.15) is 5.69 Å². The highest BCUT2D eigenvalue weighted by Crippen LogP contribution is 2.52. The van der Waals surface area contributed by atoms with Crippen molar-refractivity contribution in [3.63, 3.8) is 0 Å². The number of aromatic nitrogens is 3. The van der Waals surface area contributed by atoms with E-state index in [9.17, 15) is 0 Å². The second-order valence-corrected chi connectivity index (χ2v) is 11.3. The molecule has 0 radical (unpaired) electrons. The Morgan fingerprint density at radius 3 is 1.77 bits per heavy atom. The third-order valence-corrected chi connectivity index (χ3v) is 9.10. The van der Waals surface area contributed by atoms with Gasteiger partial charge in [0, 0.05) is 27.1 Å². The van der Waals surface area contributed by atoms with E-state index in [1.165, 1.54) is 60.1 Å². The van der Waals surface area contributed by atoms with E-state index in [1.807, 2.05) is 18.2 Å². The second kappa shape index (κ2) is 8.37. The van der Waals surface area contributed by atoms with E-state index in [2.05, 4.69) is 126 Å². The lowest BCUT2D eigenvalue weighted by Crippen LogP contribution is -2.04. The number of nitrogens with zero attached hydrogens (tertiary/aromatic N) is 3. The largest absolute Gasteiger partial charge is 0.291 e. The molecule has 0 saturated heterocycles. The zero-order chi connectivity index (χ0) is 28.1. The second-order valence-electron chi connectivity index (χ2n) is 11.3. The zero-order valence-corrected chi connectivity index (χ0v) is 23.1. The molecule has 7 aromatic carbocycles. The van der Waals surface area contributed by atoms with Gasteiger partial charge in [0.25, 0.3) is 0 Å². The fourth-order valence-corrected chi connectivity index (χ4v) is 7.37. The van der Waals surface area contributed by atoms with Crippen molar-refractivity contribution in [3.8, 4) is 39.3 Å². The molecule has 2 aromatic heterocycles. The maximum absolute atomic E-state index is 5.40. The van der Waals surface area contributed by atoms with Gasteiger partial charge in [-0.25, -0.2) is 9.97 Å². The van der Waals surface area contributed by atoms with E-state index in [0.717, 1.165) is 33.6 Å². The number of hydrogen-bond donors (Lipinski definition) is 0. The highest BCUT2D eigenvalue weighted by molar-refractivity contribution is 6.37. The van der Waals surface area contributed by atoms with Crippen LogP contribution in [-0.2, 0) is 0 Å². The minimum Gasteiger partial charge on any atom is -0.291 e. The quantitative estimate of drug-likeness (QED) is 0.202. The molecule has 0 unspecified atom stereocenters. The lowest BCUT2D eigenvalue weighted by atomic mass is 9.91. The van der Waals surface area contributed by atoms with Gasteiger partial charge in [-0.15, -0.1) is 0 Å². The van der Waals surface area contributed by atoms with Gasteiger partial charge in [-0.1, -0.05) is 121 Å². The molecule has 3 nitrogen and oxygen atoms in total. The van der Waals surface area contributed by atoms with Crippen molar-refractivity contribution in [2.45, 2.75) is 0 Å².